The van der Waals surface area contributed by atoms with Gasteiger partial charge in [-0.2, -0.15) is 0 Å². The molecule has 0 aromatic heterocycles. The molecule has 0 saturated carbocycles. The summed E-state index contributed by atoms with van der Waals surface area (Å²) in [5, 5.41) is 3.07. The molecule has 92 valence electrons. The summed E-state index contributed by atoms with van der Waals surface area (Å²) >= 11 is 0. The van der Waals surface area contributed by atoms with Crippen LogP contribution in [0.3, 0.4) is 0 Å². The van der Waals surface area contributed by atoms with E-state index in [4.69, 9.17) is 0 Å². The zero-order valence-electron chi connectivity index (χ0n) is 9.54. The number of halogens is 2. The van der Waals surface area contributed by atoms with Gasteiger partial charge in [-0.3, -0.25) is 4.79 Å². The standard InChI is InChI=1S/C12H14F2N2O/c1-16(12(17)8-4-5-15-7-8)11-6-9(13)2-3-10(11)14/h2-3,6,8,15H,4-5,7H2,1H3. The van der Waals surface area contributed by atoms with Crippen LogP contribution in [0, 0.1) is 17.6 Å². The fourth-order valence-electron chi connectivity index (χ4n) is 2.00. The van der Waals surface area contributed by atoms with Crippen LogP contribution in [0.4, 0.5) is 14.5 Å². The Morgan fingerprint density at radius 2 is 2.24 bits per heavy atom. The Labute approximate surface area is 98.4 Å². The predicted molar refractivity (Wildman–Crippen MR) is 60.7 cm³/mol. The van der Waals surface area contributed by atoms with Gasteiger partial charge in [0.1, 0.15) is 11.6 Å². The summed E-state index contributed by atoms with van der Waals surface area (Å²) in [6.07, 6.45) is 0.736. The van der Waals surface area contributed by atoms with Crippen molar-refractivity contribution >= 4 is 11.6 Å². The summed E-state index contributed by atoms with van der Waals surface area (Å²) in [6.45, 7) is 1.38. The van der Waals surface area contributed by atoms with Crippen molar-refractivity contribution in [3.8, 4) is 0 Å². The van der Waals surface area contributed by atoms with Crippen molar-refractivity contribution in [2.45, 2.75) is 6.42 Å². The largest absolute Gasteiger partial charge is 0.316 e. The molecule has 3 nitrogen and oxygen atoms in total. The second kappa shape index (κ2) is 4.79. The van der Waals surface area contributed by atoms with Crippen molar-refractivity contribution in [2.24, 2.45) is 5.92 Å². The first-order valence-electron chi connectivity index (χ1n) is 5.53. The monoisotopic (exact) mass is 240 g/mol. The molecular weight excluding hydrogens is 226 g/mol. The lowest BCUT2D eigenvalue weighted by atomic mass is 10.1. The molecule has 1 heterocycles. The van der Waals surface area contributed by atoms with Crippen LogP contribution in [0.1, 0.15) is 6.42 Å². The van der Waals surface area contributed by atoms with Crippen LogP contribution in [-0.4, -0.2) is 26.0 Å². The van der Waals surface area contributed by atoms with Crippen molar-refractivity contribution in [3.63, 3.8) is 0 Å². The first kappa shape index (κ1) is 12.0. The number of carbonyl (C=O) groups excluding carboxylic acids is 1. The molecule has 1 amide bonds. The molecule has 1 aromatic rings. The Hall–Kier alpha value is -1.49. The molecule has 0 aliphatic carbocycles. The van der Waals surface area contributed by atoms with E-state index in [-0.39, 0.29) is 17.5 Å². The van der Waals surface area contributed by atoms with Crippen LogP contribution in [-0.2, 0) is 4.79 Å². The summed E-state index contributed by atoms with van der Waals surface area (Å²) in [6, 6.07) is 3.10. The molecule has 0 spiro atoms. The molecule has 1 saturated heterocycles. The lowest BCUT2D eigenvalue weighted by Gasteiger charge is -2.21. The first-order chi connectivity index (χ1) is 8.09. The number of hydrogen-bond acceptors (Lipinski definition) is 2. The molecule has 17 heavy (non-hydrogen) atoms. The summed E-state index contributed by atoms with van der Waals surface area (Å²) in [5.74, 6) is -1.47. The highest BCUT2D eigenvalue weighted by molar-refractivity contribution is 5.94. The Morgan fingerprint density at radius 1 is 1.47 bits per heavy atom. The summed E-state index contributed by atoms with van der Waals surface area (Å²) in [4.78, 5) is 13.2. The molecule has 1 aliphatic rings. The number of benzene rings is 1. The molecule has 1 aliphatic heterocycles. The maximum Gasteiger partial charge on any atom is 0.231 e. The molecule has 1 N–H and O–H groups in total. The number of anilines is 1. The van der Waals surface area contributed by atoms with Crippen molar-refractivity contribution in [3.05, 3.63) is 29.8 Å². The van der Waals surface area contributed by atoms with Gasteiger partial charge in [0.05, 0.1) is 11.6 Å². The minimum atomic E-state index is -0.590. The average molecular weight is 240 g/mol. The summed E-state index contributed by atoms with van der Waals surface area (Å²) in [5.41, 5.74) is -0.0121. The maximum atomic E-state index is 13.5. The van der Waals surface area contributed by atoms with Gasteiger partial charge in [0.2, 0.25) is 5.91 Å². The smallest absolute Gasteiger partial charge is 0.231 e. The highest BCUT2D eigenvalue weighted by Crippen LogP contribution is 2.22. The number of nitrogens with one attached hydrogen (secondary N) is 1. The van der Waals surface area contributed by atoms with Gasteiger partial charge in [0.25, 0.3) is 0 Å². The lowest BCUT2D eigenvalue weighted by molar-refractivity contribution is -0.121. The van der Waals surface area contributed by atoms with E-state index in [0.717, 1.165) is 31.2 Å². The van der Waals surface area contributed by atoms with Gasteiger partial charge in [-0.15, -0.1) is 0 Å². The van der Waals surface area contributed by atoms with Gasteiger partial charge >= 0.3 is 0 Å². The Balaban J connectivity index is 2.20. The van der Waals surface area contributed by atoms with E-state index < -0.39 is 11.6 Å². The third-order valence-corrected chi connectivity index (χ3v) is 3.01. The molecule has 1 aromatic carbocycles. The van der Waals surface area contributed by atoms with Gasteiger partial charge in [-0.1, -0.05) is 0 Å². The second-order valence-corrected chi connectivity index (χ2v) is 4.18. The number of hydrogen-bond donors (Lipinski definition) is 1. The molecule has 5 heteroatoms. The topological polar surface area (TPSA) is 32.3 Å². The molecule has 2 rings (SSSR count). The van der Waals surface area contributed by atoms with Crippen molar-refractivity contribution in [2.75, 3.05) is 25.0 Å². The number of carbonyl (C=O) groups is 1. The van der Waals surface area contributed by atoms with E-state index in [1.807, 2.05) is 0 Å². The van der Waals surface area contributed by atoms with Crippen LogP contribution in [0.5, 0.6) is 0 Å². The van der Waals surface area contributed by atoms with Crippen LogP contribution < -0.4 is 10.2 Å². The van der Waals surface area contributed by atoms with Gasteiger partial charge in [0, 0.05) is 19.7 Å². The Morgan fingerprint density at radius 3 is 2.88 bits per heavy atom. The van der Waals surface area contributed by atoms with Crippen molar-refractivity contribution < 1.29 is 13.6 Å². The summed E-state index contributed by atoms with van der Waals surface area (Å²) in [7, 11) is 1.47. The predicted octanol–water partition coefficient (Wildman–Crippen LogP) is 1.54. The minimum absolute atomic E-state index is 0.0121. The average Bonchev–Trinajstić information content (AvgIpc) is 2.84. The SMILES string of the molecule is CN(C(=O)C1CCNC1)c1cc(F)ccc1F. The number of nitrogens with zero attached hydrogens (tertiary/aromatic N) is 1. The van der Waals surface area contributed by atoms with Crippen LogP contribution in [0.2, 0.25) is 0 Å². The lowest BCUT2D eigenvalue weighted by Crippen LogP contribution is -2.34. The third kappa shape index (κ3) is 2.44. The second-order valence-electron chi connectivity index (χ2n) is 4.18. The van der Waals surface area contributed by atoms with Gasteiger partial charge in [-0.05, 0) is 25.1 Å². The van der Waals surface area contributed by atoms with E-state index in [2.05, 4.69) is 5.32 Å². The quantitative estimate of drug-likeness (QED) is 0.850. The van der Waals surface area contributed by atoms with Crippen molar-refractivity contribution in [1.29, 1.82) is 0 Å². The normalized spacial score (nSPS) is 19.4. The van der Waals surface area contributed by atoms with Gasteiger partial charge < -0.3 is 10.2 Å². The highest BCUT2D eigenvalue weighted by atomic mass is 19.1. The van der Waals surface area contributed by atoms with E-state index >= 15 is 0 Å². The van der Waals surface area contributed by atoms with E-state index in [1.165, 1.54) is 11.9 Å². The molecule has 0 radical (unpaired) electrons. The molecule has 1 unspecified atom stereocenters. The molecule has 1 fully saturated rings. The fourth-order valence-corrected chi connectivity index (χ4v) is 2.00. The summed E-state index contributed by atoms with van der Waals surface area (Å²) < 4.78 is 26.5. The highest BCUT2D eigenvalue weighted by Gasteiger charge is 2.27. The van der Waals surface area contributed by atoms with Crippen LogP contribution in [0.25, 0.3) is 0 Å². The fraction of sp³-hybridized carbons (Fsp3) is 0.417. The van der Waals surface area contributed by atoms with Gasteiger partial charge in [0.15, 0.2) is 0 Å². The third-order valence-electron chi connectivity index (χ3n) is 3.01. The molecule has 1 atom stereocenters. The zero-order chi connectivity index (χ0) is 12.4. The first-order valence-corrected chi connectivity index (χ1v) is 5.53. The van der Waals surface area contributed by atoms with E-state index in [0.29, 0.717) is 6.54 Å². The Kier molecular flexibility index (Phi) is 3.38. The van der Waals surface area contributed by atoms with Gasteiger partial charge in [-0.25, -0.2) is 8.78 Å². The number of amides is 1. The van der Waals surface area contributed by atoms with Crippen molar-refractivity contribution in [1.82, 2.24) is 5.32 Å². The van der Waals surface area contributed by atoms with E-state index in [9.17, 15) is 13.6 Å². The van der Waals surface area contributed by atoms with Crippen LogP contribution in [0.15, 0.2) is 18.2 Å². The molecular formula is C12H14F2N2O. The zero-order valence-corrected chi connectivity index (χ0v) is 9.54. The molecule has 0 bridgehead atoms. The maximum absolute atomic E-state index is 13.5. The Bertz CT molecular complexity index is 431. The minimum Gasteiger partial charge on any atom is -0.316 e. The van der Waals surface area contributed by atoms with Crippen LogP contribution >= 0.6 is 0 Å². The number of rotatable bonds is 2. The van der Waals surface area contributed by atoms with E-state index in [1.54, 1.807) is 0 Å².